The van der Waals surface area contributed by atoms with E-state index in [1.807, 2.05) is 31.2 Å². The van der Waals surface area contributed by atoms with E-state index in [-0.39, 0.29) is 34.8 Å². The first-order chi connectivity index (χ1) is 20.1. The van der Waals surface area contributed by atoms with Crippen molar-refractivity contribution in [1.29, 1.82) is 0 Å². The lowest BCUT2D eigenvalue weighted by Gasteiger charge is -2.33. The van der Waals surface area contributed by atoms with Gasteiger partial charge in [-0.2, -0.15) is 0 Å². The number of nitrogens with one attached hydrogen (secondary N) is 1. The second-order valence-electron chi connectivity index (χ2n) is 10.6. The van der Waals surface area contributed by atoms with Crippen LogP contribution >= 0.6 is 0 Å². The lowest BCUT2D eigenvalue weighted by atomic mass is 9.95. The Bertz CT molecular complexity index is 1490. The summed E-state index contributed by atoms with van der Waals surface area (Å²) in [5, 5.41) is 14.3. The van der Waals surface area contributed by atoms with Crippen molar-refractivity contribution in [3.63, 3.8) is 0 Å². The van der Waals surface area contributed by atoms with E-state index in [2.05, 4.69) is 5.32 Å². The van der Waals surface area contributed by atoms with Crippen LogP contribution in [0.2, 0.25) is 0 Å². The van der Waals surface area contributed by atoms with Gasteiger partial charge in [-0.25, -0.2) is 8.42 Å². The molecule has 1 saturated carbocycles. The van der Waals surface area contributed by atoms with Crippen LogP contribution in [0.3, 0.4) is 0 Å². The Morgan fingerprint density at radius 3 is 2.17 bits per heavy atom. The van der Waals surface area contributed by atoms with Crippen LogP contribution in [0, 0.1) is 17.0 Å². The number of nitro benzene ring substituents is 1. The fourth-order valence-corrected chi connectivity index (χ4v) is 6.47. The molecule has 0 aliphatic heterocycles. The molecule has 1 fully saturated rings. The maximum absolute atomic E-state index is 14.0. The number of amides is 2. The van der Waals surface area contributed by atoms with Gasteiger partial charge in [-0.3, -0.25) is 24.0 Å². The average Bonchev–Trinajstić information content (AvgIpc) is 3.00. The third-order valence-corrected chi connectivity index (χ3v) is 9.34. The molecule has 0 saturated heterocycles. The molecule has 1 atom stereocenters. The highest BCUT2D eigenvalue weighted by molar-refractivity contribution is 7.92. The third kappa shape index (κ3) is 7.52. The van der Waals surface area contributed by atoms with Gasteiger partial charge in [0.1, 0.15) is 12.6 Å². The van der Waals surface area contributed by atoms with Crippen molar-refractivity contribution in [1.82, 2.24) is 10.2 Å². The molecule has 11 heteroatoms. The Hall–Kier alpha value is -4.25. The van der Waals surface area contributed by atoms with Crippen LogP contribution in [0.4, 0.5) is 11.4 Å². The number of non-ortho nitro benzene ring substituents is 1. The summed E-state index contributed by atoms with van der Waals surface area (Å²) in [6.07, 6.45) is 4.97. The van der Waals surface area contributed by atoms with E-state index in [1.165, 1.54) is 41.3 Å². The molecule has 0 heterocycles. The van der Waals surface area contributed by atoms with Gasteiger partial charge in [-0.15, -0.1) is 0 Å². The Morgan fingerprint density at radius 1 is 0.952 bits per heavy atom. The number of nitrogens with zero attached hydrogens (tertiary/aromatic N) is 3. The summed E-state index contributed by atoms with van der Waals surface area (Å²) in [7, 11) is -4.25. The van der Waals surface area contributed by atoms with E-state index >= 15 is 0 Å². The summed E-state index contributed by atoms with van der Waals surface area (Å²) in [5.74, 6) is -0.880. The second-order valence-corrected chi connectivity index (χ2v) is 12.5. The predicted molar refractivity (Wildman–Crippen MR) is 160 cm³/mol. The number of nitro groups is 1. The summed E-state index contributed by atoms with van der Waals surface area (Å²) in [6, 6.07) is 19.4. The van der Waals surface area contributed by atoms with Crippen molar-refractivity contribution in [2.75, 3.05) is 10.8 Å². The third-order valence-electron chi connectivity index (χ3n) is 7.55. The highest BCUT2D eigenvalue weighted by Crippen LogP contribution is 2.27. The molecule has 1 N–H and O–H groups in total. The molecule has 0 bridgehead atoms. The average molecular weight is 593 g/mol. The van der Waals surface area contributed by atoms with Crippen LogP contribution in [-0.4, -0.2) is 48.7 Å². The van der Waals surface area contributed by atoms with E-state index in [4.69, 9.17) is 0 Å². The number of carbonyl (C=O) groups is 2. The van der Waals surface area contributed by atoms with E-state index in [0.717, 1.165) is 47.5 Å². The lowest BCUT2D eigenvalue weighted by molar-refractivity contribution is -0.384. The maximum atomic E-state index is 14.0. The molecule has 1 aliphatic rings. The summed E-state index contributed by atoms with van der Waals surface area (Å²) in [6.45, 7) is 3.08. The first kappa shape index (κ1) is 30.7. The largest absolute Gasteiger partial charge is 0.352 e. The molecule has 2 amide bonds. The zero-order chi connectivity index (χ0) is 30.3. The number of hydrogen-bond acceptors (Lipinski definition) is 6. The zero-order valence-corrected chi connectivity index (χ0v) is 24.6. The van der Waals surface area contributed by atoms with Crippen molar-refractivity contribution in [2.24, 2.45) is 0 Å². The van der Waals surface area contributed by atoms with Crippen LogP contribution in [0.5, 0.6) is 0 Å². The van der Waals surface area contributed by atoms with Crippen LogP contribution in [0.1, 0.15) is 50.2 Å². The maximum Gasteiger partial charge on any atom is 0.269 e. The molecule has 42 heavy (non-hydrogen) atoms. The molecule has 0 spiro atoms. The van der Waals surface area contributed by atoms with Crippen molar-refractivity contribution in [3.8, 4) is 0 Å². The van der Waals surface area contributed by atoms with Gasteiger partial charge in [0.15, 0.2) is 0 Å². The minimum atomic E-state index is -4.25. The van der Waals surface area contributed by atoms with Crippen LogP contribution in [-0.2, 0) is 26.2 Å². The molecular formula is C31H36N4O6S. The van der Waals surface area contributed by atoms with Gasteiger partial charge in [0, 0.05) is 24.7 Å². The fourth-order valence-electron chi connectivity index (χ4n) is 5.03. The number of anilines is 1. The molecule has 3 aromatic rings. The first-order valence-corrected chi connectivity index (χ1v) is 15.5. The molecule has 4 rings (SSSR count). The Kier molecular flexibility index (Phi) is 9.95. The van der Waals surface area contributed by atoms with Gasteiger partial charge in [0.05, 0.1) is 15.5 Å². The molecular weight excluding hydrogens is 556 g/mol. The number of hydrogen-bond donors (Lipinski definition) is 1. The molecule has 3 aromatic carbocycles. The van der Waals surface area contributed by atoms with Gasteiger partial charge in [-0.1, -0.05) is 67.3 Å². The standard InChI is InChI=1S/C31H36N4O6S/c1-23-13-15-25(16-14-23)21-33(24(2)31(37)32-26-9-5-3-6-10-26)30(36)22-34(27-17-19-28(20-18-27)35(38)39)42(40,41)29-11-7-4-8-12-29/h4,7-8,11-20,24,26H,3,5-6,9-10,21-22H2,1-2H3,(H,32,37)/t24-/m0/s1. The van der Waals surface area contributed by atoms with Crippen LogP contribution < -0.4 is 9.62 Å². The van der Waals surface area contributed by atoms with Crippen LogP contribution in [0.15, 0.2) is 83.8 Å². The van der Waals surface area contributed by atoms with Gasteiger partial charge in [-0.05, 0) is 56.5 Å². The summed E-state index contributed by atoms with van der Waals surface area (Å²) in [4.78, 5) is 39.4. The summed E-state index contributed by atoms with van der Waals surface area (Å²) < 4.78 is 28.6. The monoisotopic (exact) mass is 592 g/mol. The number of rotatable bonds is 11. The van der Waals surface area contributed by atoms with Gasteiger partial charge < -0.3 is 10.2 Å². The van der Waals surface area contributed by atoms with Crippen molar-refractivity contribution in [2.45, 2.75) is 69.5 Å². The second kappa shape index (κ2) is 13.6. The quantitative estimate of drug-likeness (QED) is 0.247. The molecule has 0 unspecified atom stereocenters. The van der Waals surface area contributed by atoms with Crippen molar-refractivity contribution < 1.29 is 22.9 Å². The predicted octanol–water partition coefficient (Wildman–Crippen LogP) is 4.96. The molecule has 222 valence electrons. The number of aryl methyl sites for hydroxylation is 1. The minimum absolute atomic E-state index is 0.0377. The Morgan fingerprint density at radius 2 is 1.57 bits per heavy atom. The van der Waals surface area contributed by atoms with E-state index in [1.54, 1.807) is 25.1 Å². The lowest BCUT2D eigenvalue weighted by Crippen LogP contribution is -2.53. The number of benzene rings is 3. The van der Waals surface area contributed by atoms with E-state index in [0.29, 0.717) is 0 Å². The topological polar surface area (TPSA) is 130 Å². The number of carbonyl (C=O) groups excluding carboxylic acids is 2. The van der Waals surface area contributed by atoms with Crippen molar-refractivity contribution in [3.05, 3.63) is 100 Å². The Labute approximate surface area is 246 Å². The van der Waals surface area contributed by atoms with Crippen molar-refractivity contribution >= 4 is 33.2 Å². The SMILES string of the molecule is Cc1ccc(CN(C(=O)CN(c2ccc([N+](=O)[O-])cc2)S(=O)(=O)c2ccccc2)[C@@H](C)C(=O)NC2CCCCC2)cc1. The highest BCUT2D eigenvalue weighted by Gasteiger charge is 2.33. The zero-order valence-electron chi connectivity index (χ0n) is 23.8. The summed E-state index contributed by atoms with van der Waals surface area (Å²) in [5.41, 5.74) is 1.71. The van der Waals surface area contributed by atoms with Crippen LogP contribution in [0.25, 0.3) is 0 Å². The number of sulfonamides is 1. The fraction of sp³-hybridized carbons (Fsp3) is 0.355. The molecule has 10 nitrogen and oxygen atoms in total. The van der Waals surface area contributed by atoms with E-state index < -0.39 is 33.4 Å². The Balaban J connectivity index is 1.67. The summed E-state index contributed by atoms with van der Waals surface area (Å²) >= 11 is 0. The minimum Gasteiger partial charge on any atom is -0.352 e. The van der Waals surface area contributed by atoms with E-state index in [9.17, 15) is 28.1 Å². The normalized spacial score (nSPS) is 14.5. The van der Waals surface area contributed by atoms with Gasteiger partial charge in [0.25, 0.3) is 15.7 Å². The van der Waals surface area contributed by atoms with Gasteiger partial charge >= 0.3 is 0 Å². The smallest absolute Gasteiger partial charge is 0.269 e. The van der Waals surface area contributed by atoms with Gasteiger partial charge in [0.2, 0.25) is 11.8 Å². The highest BCUT2D eigenvalue weighted by atomic mass is 32.2. The molecule has 1 aliphatic carbocycles. The molecule has 0 aromatic heterocycles. The first-order valence-electron chi connectivity index (χ1n) is 14.0. The molecule has 0 radical (unpaired) electrons.